The number of phenols is 1. The van der Waals surface area contributed by atoms with Gasteiger partial charge in [0.05, 0.1) is 41.7 Å². The van der Waals surface area contributed by atoms with Gasteiger partial charge in [0.1, 0.15) is 5.75 Å². The second kappa shape index (κ2) is 10.4. The Kier molecular flexibility index (Phi) is 7.30. The summed E-state index contributed by atoms with van der Waals surface area (Å²) in [5, 5.41) is 9.90. The number of carbonyl (C=O) groups excluding carboxylic acids is 1. The van der Waals surface area contributed by atoms with Gasteiger partial charge in [0.2, 0.25) is 0 Å². The summed E-state index contributed by atoms with van der Waals surface area (Å²) in [6.07, 6.45) is 1.73. The summed E-state index contributed by atoms with van der Waals surface area (Å²) < 4.78 is 18.2. The lowest BCUT2D eigenvalue weighted by Crippen LogP contribution is -2.39. The van der Waals surface area contributed by atoms with Crippen molar-refractivity contribution in [1.29, 1.82) is 0 Å². The zero-order chi connectivity index (χ0) is 26.0. The molecule has 1 atom stereocenters. The fourth-order valence-corrected chi connectivity index (χ4v) is 5.09. The molecule has 2 heterocycles. The van der Waals surface area contributed by atoms with Gasteiger partial charge >= 0.3 is 5.97 Å². The van der Waals surface area contributed by atoms with Gasteiger partial charge in [-0.1, -0.05) is 29.5 Å². The molecule has 1 N–H and O–H groups in total. The molecule has 36 heavy (non-hydrogen) atoms. The van der Waals surface area contributed by atoms with Crippen molar-refractivity contribution < 1.29 is 24.1 Å². The average molecular weight is 509 g/mol. The highest BCUT2D eigenvalue weighted by Crippen LogP contribution is 2.32. The number of nitrogens with zero attached hydrogens (tertiary/aromatic N) is 2. The van der Waals surface area contributed by atoms with Gasteiger partial charge in [-0.2, -0.15) is 0 Å². The third kappa shape index (κ3) is 4.92. The third-order valence-corrected chi connectivity index (χ3v) is 6.57. The van der Waals surface area contributed by atoms with Crippen molar-refractivity contribution in [2.75, 3.05) is 13.7 Å². The first kappa shape index (κ1) is 25.2. The summed E-state index contributed by atoms with van der Waals surface area (Å²) in [5.74, 6) is 0.499. The number of hydrogen-bond acceptors (Lipinski definition) is 8. The summed E-state index contributed by atoms with van der Waals surface area (Å²) in [6.45, 7) is 7.58. The minimum Gasteiger partial charge on any atom is -0.504 e. The van der Waals surface area contributed by atoms with Crippen molar-refractivity contribution in [3.05, 3.63) is 84.5 Å². The number of carbonyl (C=O) groups is 1. The van der Waals surface area contributed by atoms with Crippen LogP contribution in [-0.2, 0) is 9.53 Å². The van der Waals surface area contributed by atoms with Crippen LogP contribution in [0.4, 0.5) is 0 Å². The van der Waals surface area contributed by atoms with E-state index in [0.717, 1.165) is 5.56 Å². The maximum Gasteiger partial charge on any atom is 0.338 e. The van der Waals surface area contributed by atoms with E-state index in [0.29, 0.717) is 37.7 Å². The van der Waals surface area contributed by atoms with Gasteiger partial charge in [0.15, 0.2) is 16.3 Å². The van der Waals surface area contributed by atoms with E-state index in [1.807, 2.05) is 38.1 Å². The lowest BCUT2D eigenvalue weighted by atomic mass is 9.96. The number of ether oxygens (including phenoxy) is 3. The molecule has 0 fully saturated rings. The predicted octanol–water partition coefficient (Wildman–Crippen LogP) is 3.30. The zero-order valence-electron chi connectivity index (χ0n) is 20.8. The van der Waals surface area contributed by atoms with Crippen molar-refractivity contribution in [3.63, 3.8) is 0 Å². The Balaban J connectivity index is 1.89. The second-order valence-electron chi connectivity index (χ2n) is 8.47. The SMILES string of the molecule is CCOC(=O)C1=C(C)N=c2s/c(=C\c3ccc(O)c(OC)c3)c(=O)n2C1c1ccc(OC(C)C)cc1. The molecule has 0 saturated heterocycles. The summed E-state index contributed by atoms with van der Waals surface area (Å²) >= 11 is 1.23. The second-order valence-corrected chi connectivity index (χ2v) is 9.48. The molecule has 2 aromatic carbocycles. The van der Waals surface area contributed by atoms with Crippen LogP contribution in [0.3, 0.4) is 0 Å². The number of thiazole rings is 1. The van der Waals surface area contributed by atoms with Crippen LogP contribution >= 0.6 is 11.3 Å². The molecule has 1 aromatic heterocycles. The zero-order valence-corrected chi connectivity index (χ0v) is 21.6. The van der Waals surface area contributed by atoms with Crippen molar-refractivity contribution in [1.82, 2.24) is 4.57 Å². The number of allylic oxidation sites excluding steroid dienone is 1. The lowest BCUT2D eigenvalue weighted by Gasteiger charge is -2.25. The topological polar surface area (TPSA) is 99.4 Å². The molecule has 1 aliphatic heterocycles. The van der Waals surface area contributed by atoms with Crippen LogP contribution in [-0.4, -0.2) is 35.5 Å². The molecule has 0 amide bonds. The van der Waals surface area contributed by atoms with Crippen LogP contribution in [0, 0.1) is 0 Å². The molecular weight excluding hydrogens is 480 g/mol. The minimum atomic E-state index is -0.704. The highest BCUT2D eigenvalue weighted by atomic mass is 32.1. The van der Waals surface area contributed by atoms with Gasteiger partial charge in [-0.15, -0.1) is 0 Å². The van der Waals surface area contributed by atoms with E-state index in [2.05, 4.69) is 4.99 Å². The molecule has 3 aromatic rings. The summed E-state index contributed by atoms with van der Waals surface area (Å²) in [4.78, 5) is 31.7. The number of hydrogen-bond donors (Lipinski definition) is 1. The van der Waals surface area contributed by atoms with Crippen LogP contribution in [0.2, 0.25) is 0 Å². The molecule has 0 spiro atoms. The number of fused-ring (bicyclic) bond motifs is 1. The molecule has 1 aliphatic rings. The molecule has 0 bridgehead atoms. The molecule has 0 saturated carbocycles. The van der Waals surface area contributed by atoms with Crippen LogP contribution in [0.5, 0.6) is 17.2 Å². The first-order chi connectivity index (χ1) is 17.2. The van der Waals surface area contributed by atoms with Crippen LogP contribution < -0.4 is 24.4 Å². The van der Waals surface area contributed by atoms with Crippen molar-refractivity contribution in [3.8, 4) is 17.2 Å². The van der Waals surface area contributed by atoms with Gasteiger partial charge in [-0.25, -0.2) is 9.79 Å². The van der Waals surface area contributed by atoms with Gasteiger partial charge in [-0.05, 0) is 69.2 Å². The van der Waals surface area contributed by atoms with E-state index >= 15 is 0 Å². The molecule has 4 rings (SSSR count). The number of aromatic nitrogens is 1. The van der Waals surface area contributed by atoms with Gasteiger partial charge in [0, 0.05) is 0 Å². The highest BCUT2D eigenvalue weighted by Gasteiger charge is 2.33. The number of rotatable bonds is 7. The molecular formula is C27H28N2O6S. The summed E-state index contributed by atoms with van der Waals surface area (Å²) in [6, 6.07) is 11.5. The number of aromatic hydroxyl groups is 1. The van der Waals surface area contributed by atoms with E-state index in [-0.39, 0.29) is 24.0 Å². The van der Waals surface area contributed by atoms with Crippen LogP contribution in [0.25, 0.3) is 6.08 Å². The molecule has 0 aliphatic carbocycles. The maximum absolute atomic E-state index is 13.7. The van der Waals surface area contributed by atoms with E-state index < -0.39 is 12.0 Å². The average Bonchev–Trinajstić information content (AvgIpc) is 3.14. The predicted molar refractivity (Wildman–Crippen MR) is 137 cm³/mol. The van der Waals surface area contributed by atoms with E-state index in [9.17, 15) is 14.7 Å². The Bertz CT molecular complexity index is 1500. The van der Waals surface area contributed by atoms with E-state index in [4.69, 9.17) is 14.2 Å². The standard InChI is InChI=1S/C27H28N2O6S/c1-6-34-26(32)23-16(4)28-27-29(24(23)18-8-10-19(11-9-18)35-15(2)3)25(31)22(36-27)14-17-7-12-20(30)21(13-17)33-5/h7-15,24,30H,6H2,1-5H3/b22-14-. The van der Waals surface area contributed by atoms with E-state index in [1.54, 1.807) is 32.1 Å². The van der Waals surface area contributed by atoms with Gasteiger partial charge in [0.25, 0.3) is 5.56 Å². The van der Waals surface area contributed by atoms with Crippen molar-refractivity contribution in [2.24, 2.45) is 4.99 Å². The maximum atomic E-state index is 13.7. The first-order valence-electron chi connectivity index (χ1n) is 11.6. The molecule has 188 valence electrons. The number of benzene rings is 2. The number of methoxy groups -OCH3 is 1. The molecule has 1 unspecified atom stereocenters. The molecule has 9 heteroatoms. The lowest BCUT2D eigenvalue weighted by molar-refractivity contribution is -0.139. The van der Waals surface area contributed by atoms with Gasteiger partial charge < -0.3 is 19.3 Å². The molecule has 8 nitrogen and oxygen atoms in total. The third-order valence-electron chi connectivity index (χ3n) is 5.59. The molecule has 0 radical (unpaired) electrons. The Morgan fingerprint density at radius 2 is 1.94 bits per heavy atom. The fourth-order valence-electron chi connectivity index (χ4n) is 4.04. The minimum absolute atomic E-state index is 0.00991. The fraction of sp³-hybridized carbons (Fsp3) is 0.296. The largest absolute Gasteiger partial charge is 0.504 e. The number of phenolic OH excluding ortho intramolecular Hbond substituents is 1. The smallest absolute Gasteiger partial charge is 0.338 e. The summed E-state index contributed by atoms with van der Waals surface area (Å²) in [7, 11) is 1.46. The van der Waals surface area contributed by atoms with Crippen molar-refractivity contribution in [2.45, 2.75) is 39.8 Å². The Labute approximate surface area is 212 Å². The van der Waals surface area contributed by atoms with Crippen LogP contribution in [0.15, 0.2) is 63.5 Å². The summed E-state index contributed by atoms with van der Waals surface area (Å²) in [5.41, 5.74) is 1.96. The monoisotopic (exact) mass is 508 g/mol. The van der Waals surface area contributed by atoms with E-state index in [1.165, 1.54) is 29.1 Å². The normalized spacial score (nSPS) is 15.5. The highest BCUT2D eigenvalue weighted by molar-refractivity contribution is 7.07. The van der Waals surface area contributed by atoms with Crippen molar-refractivity contribution >= 4 is 23.4 Å². The van der Waals surface area contributed by atoms with Crippen LogP contribution in [0.1, 0.15) is 44.9 Å². The number of esters is 1. The first-order valence-corrected chi connectivity index (χ1v) is 12.4. The Morgan fingerprint density at radius 1 is 1.22 bits per heavy atom. The Morgan fingerprint density at radius 3 is 2.58 bits per heavy atom. The Hall–Kier alpha value is -3.85. The van der Waals surface area contributed by atoms with Gasteiger partial charge in [-0.3, -0.25) is 9.36 Å². The quantitative estimate of drug-likeness (QED) is 0.492.